The molecule has 1 unspecified atom stereocenters. The number of carbonyl (C=O) groups excluding carboxylic acids is 4. The lowest BCUT2D eigenvalue weighted by Crippen LogP contribution is -2.45. The Hall–Kier alpha value is -4.26. The van der Waals surface area contributed by atoms with Gasteiger partial charge in [0.2, 0.25) is 17.7 Å². The monoisotopic (exact) mass is 469 g/mol. The Kier molecular flexibility index (Phi) is 7.06. The molecule has 0 saturated carbocycles. The summed E-state index contributed by atoms with van der Waals surface area (Å²) in [4.78, 5) is 53.7. The third-order valence-electron chi connectivity index (χ3n) is 5.94. The Labute approximate surface area is 204 Å². The van der Waals surface area contributed by atoms with Gasteiger partial charge in [0.15, 0.2) is 0 Å². The second-order valence-corrected chi connectivity index (χ2v) is 8.68. The Morgan fingerprint density at radius 1 is 0.914 bits per heavy atom. The van der Waals surface area contributed by atoms with Crippen molar-refractivity contribution in [2.24, 2.45) is 0 Å². The molecule has 3 aromatic carbocycles. The number of nitrogens with zero attached hydrogens (tertiary/aromatic N) is 2. The van der Waals surface area contributed by atoms with Crippen LogP contribution < -0.4 is 10.2 Å². The van der Waals surface area contributed by atoms with Gasteiger partial charge in [-0.05, 0) is 42.3 Å². The Morgan fingerprint density at radius 2 is 1.57 bits per heavy atom. The van der Waals surface area contributed by atoms with Gasteiger partial charge in [-0.3, -0.25) is 19.2 Å². The summed E-state index contributed by atoms with van der Waals surface area (Å²) in [6.45, 7) is 3.61. The van der Waals surface area contributed by atoms with E-state index in [1.165, 1.54) is 11.8 Å². The molecule has 1 aliphatic heterocycles. The summed E-state index contributed by atoms with van der Waals surface area (Å²) in [6, 6.07) is 22.7. The molecule has 178 valence electrons. The molecule has 0 bridgehead atoms. The first kappa shape index (κ1) is 23.9. The summed E-state index contributed by atoms with van der Waals surface area (Å²) in [7, 11) is 0. The molecule has 3 aromatic rings. The molecule has 4 amide bonds. The van der Waals surface area contributed by atoms with Crippen LogP contribution in [0.4, 0.5) is 11.4 Å². The van der Waals surface area contributed by atoms with Gasteiger partial charge in [0, 0.05) is 19.2 Å². The lowest BCUT2D eigenvalue weighted by Gasteiger charge is -2.28. The molecule has 1 saturated heterocycles. The van der Waals surface area contributed by atoms with E-state index in [4.69, 9.17) is 0 Å². The second kappa shape index (κ2) is 10.3. The molecule has 0 radical (unpaired) electrons. The highest BCUT2D eigenvalue weighted by Gasteiger charge is 2.44. The Balaban J connectivity index is 1.60. The smallest absolute Gasteiger partial charge is 0.257 e. The number of aryl methyl sites for hydroxylation is 1. The zero-order chi connectivity index (χ0) is 24.9. The standard InChI is InChI=1S/C28H27N3O4/c1-19-8-10-22(11-9-19)18-30(26(33)16-21-6-4-3-5-7-21)25-17-27(34)31(28(25)35)24-14-12-23(13-15-24)29-20(2)32/h3-15,25H,16-18H2,1-2H3,(H,29,32). The maximum Gasteiger partial charge on any atom is 0.257 e. The first-order chi connectivity index (χ1) is 16.8. The molecule has 1 N–H and O–H groups in total. The first-order valence-corrected chi connectivity index (χ1v) is 11.4. The van der Waals surface area contributed by atoms with Gasteiger partial charge >= 0.3 is 0 Å². The predicted octanol–water partition coefficient (Wildman–Crippen LogP) is 3.86. The third kappa shape index (κ3) is 5.63. The lowest BCUT2D eigenvalue weighted by molar-refractivity contribution is -0.138. The highest BCUT2D eigenvalue weighted by atomic mass is 16.2. The van der Waals surface area contributed by atoms with Crippen molar-refractivity contribution in [3.05, 3.63) is 95.6 Å². The lowest BCUT2D eigenvalue weighted by atomic mass is 10.1. The van der Waals surface area contributed by atoms with Crippen molar-refractivity contribution in [1.82, 2.24) is 4.90 Å². The number of carbonyl (C=O) groups is 4. The Bertz CT molecular complexity index is 1240. The van der Waals surface area contributed by atoms with Crippen molar-refractivity contribution in [2.45, 2.75) is 39.3 Å². The van der Waals surface area contributed by atoms with Crippen LogP contribution in [-0.2, 0) is 32.1 Å². The van der Waals surface area contributed by atoms with Crippen LogP contribution in [0.5, 0.6) is 0 Å². The van der Waals surface area contributed by atoms with Crippen LogP contribution >= 0.6 is 0 Å². The van der Waals surface area contributed by atoms with Crippen LogP contribution in [0.3, 0.4) is 0 Å². The summed E-state index contributed by atoms with van der Waals surface area (Å²) in [5.41, 5.74) is 3.79. The quantitative estimate of drug-likeness (QED) is 0.533. The zero-order valence-corrected chi connectivity index (χ0v) is 19.7. The van der Waals surface area contributed by atoms with Crippen LogP contribution in [0.25, 0.3) is 0 Å². The van der Waals surface area contributed by atoms with Crippen molar-refractivity contribution in [2.75, 3.05) is 10.2 Å². The molecule has 7 heteroatoms. The molecule has 0 aliphatic carbocycles. The summed E-state index contributed by atoms with van der Waals surface area (Å²) in [5, 5.41) is 2.66. The maximum absolute atomic E-state index is 13.5. The van der Waals surface area contributed by atoms with Crippen molar-refractivity contribution >= 4 is 35.0 Å². The van der Waals surface area contributed by atoms with Crippen molar-refractivity contribution < 1.29 is 19.2 Å². The van der Waals surface area contributed by atoms with Crippen LogP contribution in [-0.4, -0.2) is 34.6 Å². The van der Waals surface area contributed by atoms with Crippen LogP contribution in [0, 0.1) is 6.92 Å². The molecule has 1 atom stereocenters. The fourth-order valence-electron chi connectivity index (χ4n) is 4.16. The number of anilines is 2. The van der Waals surface area contributed by atoms with E-state index >= 15 is 0 Å². The van der Waals surface area contributed by atoms with E-state index in [2.05, 4.69) is 5.32 Å². The number of imide groups is 1. The average molecular weight is 470 g/mol. The molecule has 0 aromatic heterocycles. The second-order valence-electron chi connectivity index (χ2n) is 8.68. The SMILES string of the molecule is CC(=O)Nc1ccc(N2C(=O)CC(N(Cc3ccc(C)cc3)C(=O)Cc3ccccc3)C2=O)cc1. The Morgan fingerprint density at radius 3 is 2.20 bits per heavy atom. The van der Waals surface area contributed by atoms with E-state index in [-0.39, 0.29) is 37.1 Å². The van der Waals surface area contributed by atoms with Gasteiger partial charge in [-0.2, -0.15) is 0 Å². The van der Waals surface area contributed by atoms with Crippen molar-refractivity contribution in [3.63, 3.8) is 0 Å². The van der Waals surface area contributed by atoms with Gasteiger partial charge < -0.3 is 10.2 Å². The molecule has 1 fully saturated rings. The molecule has 0 spiro atoms. The number of hydrogen-bond acceptors (Lipinski definition) is 4. The average Bonchev–Trinajstić information content (AvgIpc) is 3.13. The summed E-state index contributed by atoms with van der Waals surface area (Å²) in [5.74, 6) is -1.23. The van der Waals surface area contributed by atoms with Gasteiger partial charge in [0.05, 0.1) is 18.5 Å². The molecule has 4 rings (SSSR count). The molecule has 1 heterocycles. The zero-order valence-electron chi connectivity index (χ0n) is 19.7. The van der Waals surface area contributed by atoms with Gasteiger partial charge in [0.1, 0.15) is 6.04 Å². The first-order valence-electron chi connectivity index (χ1n) is 11.4. The minimum atomic E-state index is -0.893. The predicted molar refractivity (Wildman–Crippen MR) is 134 cm³/mol. The molecular weight excluding hydrogens is 442 g/mol. The number of amides is 4. The summed E-state index contributed by atoms with van der Waals surface area (Å²) in [6.07, 6.45) is 0.0504. The van der Waals surface area contributed by atoms with E-state index in [0.717, 1.165) is 21.6 Å². The van der Waals surface area contributed by atoms with Crippen molar-refractivity contribution in [3.8, 4) is 0 Å². The maximum atomic E-state index is 13.5. The van der Waals surface area contributed by atoms with E-state index in [9.17, 15) is 19.2 Å². The summed E-state index contributed by atoms with van der Waals surface area (Å²) >= 11 is 0. The van der Waals surface area contributed by atoms with E-state index in [0.29, 0.717) is 11.4 Å². The number of nitrogens with one attached hydrogen (secondary N) is 1. The number of rotatable bonds is 7. The summed E-state index contributed by atoms with van der Waals surface area (Å²) < 4.78 is 0. The van der Waals surface area contributed by atoms with Crippen molar-refractivity contribution in [1.29, 1.82) is 0 Å². The highest BCUT2D eigenvalue weighted by Crippen LogP contribution is 2.28. The fraction of sp³-hybridized carbons (Fsp3) is 0.214. The minimum absolute atomic E-state index is 0.0847. The van der Waals surface area contributed by atoms with Gasteiger partial charge in [-0.15, -0.1) is 0 Å². The van der Waals surface area contributed by atoms with Gasteiger partial charge in [-0.25, -0.2) is 4.90 Å². The van der Waals surface area contributed by atoms with Crippen LogP contribution in [0.15, 0.2) is 78.9 Å². The molecule has 7 nitrogen and oxygen atoms in total. The van der Waals surface area contributed by atoms with Gasteiger partial charge in [0.25, 0.3) is 5.91 Å². The fourth-order valence-corrected chi connectivity index (χ4v) is 4.16. The van der Waals surface area contributed by atoms with Crippen LogP contribution in [0.1, 0.15) is 30.0 Å². The van der Waals surface area contributed by atoms with Gasteiger partial charge in [-0.1, -0.05) is 60.2 Å². The van der Waals surface area contributed by atoms with E-state index in [1.54, 1.807) is 24.3 Å². The van der Waals surface area contributed by atoms with E-state index in [1.807, 2.05) is 61.5 Å². The minimum Gasteiger partial charge on any atom is -0.326 e. The van der Waals surface area contributed by atoms with Crippen LogP contribution in [0.2, 0.25) is 0 Å². The number of hydrogen-bond donors (Lipinski definition) is 1. The molecule has 35 heavy (non-hydrogen) atoms. The molecule has 1 aliphatic rings. The topological polar surface area (TPSA) is 86.8 Å². The van der Waals surface area contributed by atoms with E-state index < -0.39 is 11.9 Å². The highest BCUT2D eigenvalue weighted by molar-refractivity contribution is 6.23. The largest absolute Gasteiger partial charge is 0.326 e. The molecular formula is C28H27N3O4. The third-order valence-corrected chi connectivity index (χ3v) is 5.94. The number of benzene rings is 3. The normalized spacial score (nSPS) is 15.3.